The summed E-state index contributed by atoms with van der Waals surface area (Å²) in [5.41, 5.74) is 0. The highest BCUT2D eigenvalue weighted by Gasteiger charge is 1.61. The average molecular weight is 1550 g/mol. The zero-order chi connectivity index (χ0) is 92.3. The van der Waals surface area contributed by atoms with Gasteiger partial charge in [0.15, 0.2) is 0 Å². The molecule has 123 heavy (non-hydrogen) atoms. The summed E-state index contributed by atoms with van der Waals surface area (Å²) in [6.07, 6.45) is 70.2. The van der Waals surface area contributed by atoms with Gasteiger partial charge in [-0.25, -0.2) is 0 Å². The maximum atomic E-state index is 4.87. The Morgan fingerprint density at radius 1 is 0.0894 bits per heavy atom. The normalized spacial score (nSPS) is 3.40. The lowest BCUT2D eigenvalue weighted by atomic mass is 10.5. The van der Waals surface area contributed by atoms with E-state index in [1.807, 2.05) is 13.8 Å². The van der Waals surface area contributed by atoms with E-state index in [0.717, 1.165) is 0 Å². The van der Waals surface area contributed by atoms with Gasteiger partial charge in [-0.05, 0) is 552 Å². The molecule has 0 fully saturated rings. The van der Waals surface area contributed by atoms with Gasteiger partial charge in [-0.3, -0.25) is 0 Å². The molecule has 0 rings (SSSR count). The van der Waals surface area contributed by atoms with Crippen LogP contribution in [0.15, 0.2) is 0 Å². The van der Waals surface area contributed by atoms with Crippen molar-refractivity contribution in [1.29, 1.82) is 0 Å². The first-order valence-corrected chi connectivity index (χ1v) is 30.1. The molecule has 0 nitrogen and oxygen atoms in total. The minimum absolute atomic E-state index is 0. The van der Waals surface area contributed by atoms with E-state index < -0.39 is 0 Å². The molecule has 0 radical (unpaired) electrons. The summed E-state index contributed by atoms with van der Waals surface area (Å²) in [4.78, 5) is 0. The minimum atomic E-state index is 0. The van der Waals surface area contributed by atoms with Crippen LogP contribution in [0.4, 0.5) is 0 Å². The molecule has 0 aliphatic rings. The standard InChI is InChI=1S/C15H4.C14H2.C13H4.C12H6.C11H4.C10H2.C9H4.C8H6.C7H4.C6H2.C5H4.C4H6.C3H4.C2H2.4CH4/c1-3-5-7-9-11-13-15-14-12-10-8-6-4-2;1-3-5-7-9-11-13-14-12-10-8-6-4-2;1-3-5-7-9-11-13-12-10-8-6-4-2;1-3-5-7-9-11-12-10-8-6-4-2;1-3-5-7-9-11-10-8-6-4-2;1-3-5-7-9-10-8-6-4-2;1-3-5-7-9-8-6-4-2;1-3-5-7-8-6-4-2;1-3-5-7-6-4-2;1-3-5-6-4-2;1-3-5-4-2;1-3-4-2;1-3-2;1-2;;;;/h1H,2H3;1-2H;1H,2H3;1-2H3;1H,2H3;1-2H;1H,2H3;1-2H3;1H,2H3;1-2H;1H,2H3;1-2H3;1H,2H3;1-2H;4*1H4. The van der Waals surface area contributed by atoms with Crippen LogP contribution in [0.25, 0.3) is 0 Å². The molecule has 0 heterocycles. The van der Waals surface area contributed by atoms with Gasteiger partial charge in [-0.15, -0.1) is 114 Å². The van der Waals surface area contributed by atoms with Crippen molar-refractivity contribution in [2.24, 2.45) is 0 Å². The van der Waals surface area contributed by atoms with Gasteiger partial charge in [-0.1, -0.05) is 88.9 Å². The molecular formula is C123H70. The number of hydrogen-bond donors (Lipinski definition) is 0. The molecule has 0 aromatic heterocycles. The third kappa shape index (κ3) is 308. The summed E-state index contributed by atoms with van der Waals surface area (Å²) < 4.78 is 0. The Hall–Kier alpha value is -23.3. The summed E-state index contributed by atoms with van der Waals surface area (Å²) >= 11 is 0. The van der Waals surface area contributed by atoms with Gasteiger partial charge >= 0.3 is 0 Å². The Bertz CT molecular complexity index is 6700. The molecule has 0 bridgehead atoms. The molecule has 0 heteroatoms. The Morgan fingerprint density at radius 2 is 0.146 bits per heavy atom. The van der Waals surface area contributed by atoms with Crippen LogP contribution < -0.4 is 0 Å². The minimum Gasteiger partial charge on any atom is -0.124 e. The largest absolute Gasteiger partial charge is 0.124 e. The van der Waals surface area contributed by atoms with Gasteiger partial charge in [0.2, 0.25) is 0 Å². The number of rotatable bonds is 0. The van der Waals surface area contributed by atoms with Crippen LogP contribution in [0.3, 0.4) is 0 Å². The lowest BCUT2D eigenvalue weighted by Gasteiger charge is -1.55. The summed E-state index contributed by atoms with van der Waals surface area (Å²) in [7, 11) is 0. The fourth-order valence-electron chi connectivity index (χ4n) is 2.44. The summed E-state index contributed by atoms with van der Waals surface area (Å²) in [5, 5.41) is 0. The molecule has 0 amide bonds. The molecule has 0 unspecified atom stereocenters. The molecule has 0 saturated heterocycles. The van der Waals surface area contributed by atoms with Crippen LogP contribution in [0.2, 0.25) is 0 Å². The second-order valence-corrected chi connectivity index (χ2v) is 13.3. The van der Waals surface area contributed by atoms with E-state index in [0.29, 0.717) is 0 Å². The summed E-state index contributed by atoms with van der Waals surface area (Å²) in [5.74, 6) is 221. The average Bonchev–Trinajstić information content (AvgIpc) is 1.21. The van der Waals surface area contributed by atoms with Crippen molar-refractivity contribution in [3.63, 3.8) is 0 Å². The van der Waals surface area contributed by atoms with Gasteiger partial charge in [0.05, 0.1) is 0 Å². The fourth-order valence-corrected chi connectivity index (χ4v) is 2.44. The second-order valence-electron chi connectivity index (χ2n) is 13.3. The lowest BCUT2D eigenvalue weighted by Crippen LogP contribution is -1.55. The zero-order valence-corrected chi connectivity index (χ0v) is 67.2. The van der Waals surface area contributed by atoms with Gasteiger partial charge in [0, 0.05) is 0 Å². The number of hydrogen-bond acceptors (Lipinski definition) is 0. The highest BCUT2D eigenvalue weighted by atomic mass is 13.6. The van der Waals surface area contributed by atoms with Crippen LogP contribution >= 0.6 is 0 Å². The molecule has 0 aromatic carbocycles. The van der Waals surface area contributed by atoms with Crippen molar-refractivity contribution >= 4 is 0 Å². The van der Waals surface area contributed by atoms with Gasteiger partial charge in [0.1, 0.15) is 0 Å². The molecule has 0 N–H and O–H groups in total. The monoisotopic (exact) mass is 1550 g/mol. The zero-order valence-electron chi connectivity index (χ0n) is 67.2. The van der Waals surface area contributed by atoms with Crippen molar-refractivity contribution in [3.05, 3.63) is 0 Å². The van der Waals surface area contributed by atoms with E-state index in [1.54, 1.807) is 76.2 Å². The highest BCUT2D eigenvalue weighted by Crippen LogP contribution is 1.63. The maximum Gasteiger partial charge on any atom is -0.0000000000144 e. The van der Waals surface area contributed by atoms with E-state index in [1.165, 1.54) is 0 Å². The molecule has 0 atom stereocenters. The van der Waals surface area contributed by atoms with Crippen molar-refractivity contribution < 1.29 is 0 Å². The molecule has 0 aliphatic carbocycles. The van der Waals surface area contributed by atoms with Gasteiger partial charge in [0.25, 0.3) is 0 Å². The Balaban J connectivity index is -0.0000000614. The summed E-state index contributed by atoms with van der Waals surface area (Å²) in [6, 6.07) is 0. The molecule has 0 spiro atoms. The fraction of sp³-hybridized carbons (Fsp3) is 0.138. The summed E-state index contributed by atoms with van der Waals surface area (Å²) in [6.45, 7) is 22.5. The van der Waals surface area contributed by atoms with Crippen LogP contribution in [0.5, 0.6) is 0 Å². The van der Waals surface area contributed by atoms with E-state index in [4.69, 9.17) is 77.1 Å². The topological polar surface area (TPSA) is 0 Å². The first kappa shape index (κ1) is 145. The maximum absolute atomic E-state index is 4.87. The lowest BCUT2D eigenvalue weighted by molar-refractivity contribution is 1.83. The van der Waals surface area contributed by atoms with Crippen LogP contribution in [0, 0.1) is 635 Å². The first-order valence-electron chi connectivity index (χ1n) is 30.1. The van der Waals surface area contributed by atoms with Crippen LogP contribution in [0.1, 0.15) is 120 Å². The van der Waals surface area contributed by atoms with Crippen molar-refractivity contribution in [3.8, 4) is 635 Å². The van der Waals surface area contributed by atoms with Gasteiger partial charge < -0.3 is 0 Å². The predicted octanol–water partition coefficient (Wildman–Crippen LogP) is 11.2. The Labute approximate surface area is 749 Å². The first-order chi connectivity index (χ1) is 58.4. The molecule has 0 saturated carbocycles. The van der Waals surface area contributed by atoms with E-state index >= 15 is 0 Å². The molecule has 0 aliphatic heterocycles. The van der Waals surface area contributed by atoms with Crippen molar-refractivity contribution in [2.75, 3.05) is 0 Å². The van der Waals surface area contributed by atoms with E-state index in [-0.39, 0.29) is 29.7 Å². The Morgan fingerprint density at radius 3 is 0.203 bits per heavy atom. The quantitative estimate of drug-likeness (QED) is 0.212. The highest BCUT2D eigenvalue weighted by molar-refractivity contribution is 5.50. The van der Waals surface area contributed by atoms with Crippen molar-refractivity contribution in [1.82, 2.24) is 0 Å². The smallest absolute Gasteiger partial charge is 0.0000000000144 e. The van der Waals surface area contributed by atoms with E-state index in [2.05, 4.69) is 558 Å². The van der Waals surface area contributed by atoms with Crippen molar-refractivity contribution in [2.45, 2.75) is 120 Å². The number of terminal acetylenes is 14. The predicted molar refractivity (Wildman–Crippen MR) is 529 cm³/mol. The molecular weight excluding hydrogens is 1480 g/mol. The van der Waals surface area contributed by atoms with Crippen LogP contribution in [-0.2, 0) is 0 Å². The molecule has 562 valence electrons. The van der Waals surface area contributed by atoms with E-state index in [9.17, 15) is 0 Å². The van der Waals surface area contributed by atoms with Crippen LogP contribution in [-0.4, -0.2) is 0 Å². The SMILES string of the molecule is C.C.C.C.C#C.C#CC.C#CC#CC.C#CC#CC#C.C#CC#CC#CC.C#CC#CC#CC#CC.C#CC#CC#CC#CC#C.C#CC#CC#CC#CC#CC.C#CC#CC#CC#CC#CC#CC.C#CC#CC#CC#CC#CC#CC#C.C#CC#CC#CC#CC#CC#CC#CC.CC#CC.CC#CC#CC#CC.CC#CC#CC#CC#CC#CC. The molecule has 0 aromatic rings. The Kier molecular flexibility index (Phi) is 243. The van der Waals surface area contributed by atoms with Gasteiger partial charge in [-0.2, -0.15) is 0 Å². The second kappa shape index (κ2) is 206. The third-order valence-corrected chi connectivity index (χ3v) is 5.80. The third-order valence-electron chi connectivity index (χ3n) is 5.80.